The van der Waals surface area contributed by atoms with Gasteiger partial charge in [-0.1, -0.05) is 38.5 Å². The number of anilines is 1. The predicted molar refractivity (Wildman–Crippen MR) is 131 cm³/mol. The van der Waals surface area contributed by atoms with Gasteiger partial charge in [0.05, 0.1) is 16.5 Å². The topological polar surface area (TPSA) is 90.0 Å². The maximum absolute atomic E-state index is 12.5. The molecule has 4 aromatic rings. The van der Waals surface area contributed by atoms with E-state index in [9.17, 15) is 10.2 Å². The second kappa shape index (κ2) is 10.3. The molecule has 1 fully saturated rings. The van der Waals surface area contributed by atoms with Crippen LogP contribution in [0.2, 0.25) is 0 Å². The molecule has 3 atom stereocenters. The Balaban J connectivity index is 0.000000163. The van der Waals surface area contributed by atoms with E-state index >= 15 is 0 Å². The fraction of sp³-hybridized carbons (Fsp3) is 0.296. The van der Waals surface area contributed by atoms with E-state index in [-0.39, 0.29) is 43.2 Å². The summed E-state index contributed by atoms with van der Waals surface area (Å²) in [6.07, 6.45) is 3.29. The molecule has 0 spiro atoms. The molecule has 6 nitrogen and oxygen atoms in total. The SMILES string of the molecule is CC1(C)CC2=NN(c3ccccc3)C([O-])C2C([O-])C1.[Ca+2].c1c[nH+]c2c(c1)ccc1ccc[nH+]c12. The van der Waals surface area contributed by atoms with Crippen molar-refractivity contribution < 1.29 is 20.2 Å². The standard InChI is InChI=1S/C15H18N2O2.C12H8N2.Ca/c1-15(2)8-11-13(12(18)9-15)14(19)17(16-11)10-6-4-3-5-7-10;1-3-9-5-6-10-4-2-8-14-12(10)11(9)13-7-1;/h3-7,12-14H,8-9H2,1-2H3;1-8H;/q-2;;+2/p+2. The smallest absolute Gasteiger partial charge is 0.851 e. The zero-order chi connectivity index (χ0) is 23.0. The minimum Gasteiger partial charge on any atom is -0.851 e. The fourth-order valence-corrected chi connectivity index (χ4v) is 4.94. The van der Waals surface area contributed by atoms with Gasteiger partial charge < -0.3 is 10.2 Å². The van der Waals surface area contributed by atoms with Crippen LogP contribution in [0.1, 0.15) is 26.7 Å². The normalized spacial score (nSPS) is 22.9. The van der Waals surface area contributed by atoms with Gasteiger partial charge in [-0.3, -0.25) is 5.01 Å². The van der Waals surface area contributed by atoms with Crippen LogP contribution in [-0.4, -0.2) is 55.8 Å². The molecular formula is C27H28CaN4O2+2. The Kier molecular flexibility index (Phi) is 7.55. The maximum Gasteiger partial charge on any atom is 2.00 e. The monoisotopic (exact) mass is 480 g/mol. The van der Waals surface area contributed by atoms with Crippen LogP contribution in [0.15, 0.2) is 84.2 Å². The van der Waals surface area contributed by atoms with E-state index in [0.29, 0.717) is 6.42 Å². The molecule has 1 aliphatic heterocycles. The first kappa shape index (κ1) is 25.0. The van der Waals surface area contributed by atoms with Crippen LogP contribution < -0.4 is 25.2 Å². The second-order valence-electron chi connectivity index (χ2n) is 9.61. The van der Waals surface area contributed by atoms with Crippen LogP contribution in [-0.2, 0) is 0 Å². The van der Waals surface area contributed by atoms with E-state index < -0.39 is 18.2 Å². The summed E-state index contributed by atoms with van der Waals surface area (Å²) in [6, 6.07) is 21.9. The number of nitrogens with zero attached hydrogens (tertiary/aromatic N) is 2. The molecule has 3 heterocycles. The van der Waals surface area contributed by atoms with Gasteiger partial charge in [-0.25, -0.2) is 9.97 Å². The average Bonchev–Trinajstić information content (AvgIpc) is 3.15. The molecule has 0 radical (unpaired) electrons. The molecule has 2 aromatic heterocycles. The zero-order valence-corrected chi connectivity index (χ0v) is 21.8. The number of fused-ring (bicyclic) bond motifs is 4. The Hall–Kier alpha value is -2.09. The molecule has 0 bridgehead atoms. The third-order valence-electron chi connectivity index (χ3n) is 6.47. The minimum atomic E-state index is -1.07. The summed E-state index contributed by atoms with van der Waals surface area (Å²) < 4.78 is 0. The van der Waals surface area contributed by atoms with E-state index in [0.717, 1.165) is 28.9 Å². The first-order chi connectivity index (χ1) is 15.9. The number of nitrogens with one attached hydrogen (secondary N) is 2. The minimum absolute atomic E-state index is 0. The molecule has 7 heteroatoms. The van der Waals surface area contributed by atoms with Crippen molar-refractivity contribution in [3.8, 4) is 0 Å². The number of hydrogen-bond acceptors (Lipinski definition) is 4. The second-order valence-corrected chi connectivity index (χ2v) is 9.61. The van der Waals surface area contributed by atoms with E-state index in [1.54, 1.807) is 0 Å². The van der Waals surface area contributed by atoms with E-state index in [4.69, 9.17) is 0 Å². The quantitative estimate of drug-likeness (QED) is 0.308. The predicted octanol–water partition coefficient (Wildman–Crippen LogP) is 1.95. The Morgan fingerprint density at radius 2 is 1.44 bits per heavy atom. The number of rotatable bonds is 1. The fourth-order valence-electron chi connectivity index (χ4n) is 4.94. The first-order valence-electron chi connectivity index (χ1n) is 11.4. The largest absolute Gasteiger partial charge is 2.00 e. The number of aromatic nitrogens is 2. The van der Waals surface area contributed by atoms with E-state index in [1.807, 2.05) is 54.9 Å². The molecule has 2 N–H and O–H groups in total. The average molecular weight is 481 g/mol. The molecule has 34 heavy (non-hydrogen) atoms. The number of benzene rings is 2. The number of hydrogen-bond donors (Lipinski definition) is 0. The Bertz CT molecular complexity index is 1260. The third kappa shape index (κ3) is 4.97. The van der Waals surface area contributed by atoms with Gasteiger partial charge in [0.1, 0.15) is 0 Å². The van der Waals surface area contributed by atoms with Crippen LogP contribution in [0.25, 0.3) is 21.8 Å². The summed E-state index contributed by atoms with van der Waals surface area (Å²) in [6.45, 7) is 4.14. The number of hydrazone groups is 1. The van der Waals surface area contributed by atoms with Crippen molar-refractivity contribution in [1.82, 2.24) is 0 Å². The van der Waals surface area contributed by atoms with Crippen LogP contribution in [0.5, 0.6) is 0 Å². The summed E-state index contributed by atoms with van der Waals surface area (Å²) >= 11 is 0. The molecule has 0 saturated heterocycles. The van der Waals surface area contributed by atoms with Crippen LogP contribution in [0.3, 0.4) is 0 Å². The molecule has 168 valence electrons. The van der Waals surface area contributed by atoms with Crippen LogP contribution in [0.4, 0.5) is 5.69 Å². The van der Waals surface area contributed by atoms with Gasteiger partial charge in [0, 0.05) is 17.8 Å². The summed E-state index contributed by atoms with van der Waals surface area (Å²) in [5.41, 5.74) is 3.83. The molecule has 2 aliphatic rings. The Morgan fingerprint density at radius 3 is 2.03 bits per heavy atom. The van der Waals surface area contributed by atoms with Gasteiger partial charge in [-0.2, -0.15) is 5.10 Å². The first-order valence-corrected chi connectivity index (χ1v) is 11.4. The van der Waals surface area contributed by atoms with Gasteiger partial charge in [-0.05, 0) is 60.4 Å². The van der Waals surface area contributed by atoms with Crippen LogP contribution >= 0.6 is 0 Å². The van der Waals surface area contributed by atoms with Gasteiger partial charge in [0.25, 0.3) is 11.0 Å². The number of para-hydroxylation sites is 1. The van der Waals surface area contributed by atoms with Crippen molar-refractivity contribution in [1.29, 1.82) is 0 Å². The summed E-state index contributed by atoms with van der Waals surface area (Å²) in [4.78, 5) is 6.53. The number of aromatic amines is 2. The van der Waals surface area contributed by atoms with E-state index in [1.165, 1.54) is 15.8 Å². The van der Waals surface area contributed by atoms with Crippen molar-refractivity contribution in [2.75, 3.05) is 5.01 Å². The van der Waals surface area contributed by atoms with Crippen LogP contribution in [0, 0.1) is 11.3 Å². The van der Waals surface area contributed by atoms with Crippen molar-refractivity contribution in [2.24, 2.45) is 16.4 Å². The molecule has 6 rings (SSSR count). The zero-order valence-electron chi connectivity index (χ0n) is 19.6. The molecule has 1 saturated carbocycles. The van der Waals surface area contributed by atoms with Crippen molar-refractivity contribution in [3.05, 3.63) is 79.1 Å². The summed E-state index contributed by atoms with van der Waals surface area (Å²) in [5, 5.41) is 33.1. The van der Waals surface area contributed by atoms with Gasteiger partial charge >= 0.3 is 37.7 Å². The number of H-pyrrole nitrogens is 2. The molecule has 2 aromatic carbocycles. The van der Waals surface area contributed by atoms with Crippen molar-refractivity contribution in [2.45, 2.75) is 39.0 Å². The van der Waals surface area contributed by atoms with Crippen molar-refractivity contribution in [3.63, 3.8) is 0 Å². The summed E-state index contributed by atoms with van der Waals surface area (Å²) in [7, 11) is 0. The molecule has 1 aliphatic carbocycles. The Morgan fingerprint density at radius 1 is 0.853 bits per heavy atom. The van der Waals surface area contributed by atoms with Crippen molar-refractivity contribution >= 4 is 70.9 Å². The van der Waals surface area contributed by atoms with Gasteiger partial charge in [0.15, 0.2) is 12.4 Å². The van der Waals surface area contributed by atoms with Gasteiger partial charge in [-0.15, -0.1) is 6.10 Å². The molecular weight excluding hydrogens is 452 g/mol. The number of pyridine rings is 2. The van der Waals surface area contributed by atoms with Gasteiger partial charge in [0.2, 0.25) is 0 Å². The Labute approximate surface area is 229 Å². The molecule has 3 unspecified atom stereocenters. The third-order valence-corrected chi connectivity index (χ3v) is 6.47. The van der Waals surface area contributed by atoms with E-state index in [2.05, 4.69) is 53.2 Å². The summed E-state index contributed by atoms with van der Waals surface area (Å²) in [5.74, 6) is -0.478. The molecule has 0 amide bonds. The maximum atomic E-state index is 12.5.